The van der Waals surface area contributed by atoms with E-state index in [0.29, 0.717) is 17.6 Å². The molecular formula is C10H12O3. The number of aromatic hydroxyl groups is 1. The Morgan fingerprint density at radius 1 is 1.38 bits per heavy atom. The quantitative estimate of drug-likeness (QED) is 0.706. The molecule has 0 heterocycles. The summed E-state index contributed by atoms with van der Waals surface area (Å²) in [5, 5.41) is 9.59. The number of benzene rings is 1. The predicted octanol–water partition coefficient (Wildman–Crippen LogP) is 1.83. The fourth-order valence-corrected chi connectivity index (χ4v) is 1.37. The van der Waals surface area contributed by atoms with E-state index in [4.69, 9.17) is 4.74 Å². The summed E-state index contributed by atoms with van der Waals surface area (Å²) >= 11 is 0. The van der Waals surface area contributed by atoms with Crippen LogP contribution in [0.1, 0.15) is 21.5 Å². The zero-order valence-corrected chi connectivity index (χ0v) is 7.92. The molecule has 0 aliphatic rings. The number of aryl methyl sites for hydroxylation is 2. The zero-order chi connectivity index (χ0) is 10.0. The van der Waals surface area contributed by atoms with Crippen LogP contribution in [0.4, 0.5) is 0 Å². The fourth-order valence-electron chi connectivity index (χ4n) is 1.37. The molecule has 0 aliphatic heterocycles. The van der Waals surface area contributed by atoms with E-state index < -0.39 is 0 Å². The molecule has 3 heteroatoms. The van der Waals surface area contributed by atoms with Crippen LogP contribution >= 0.6 is 0 Å². The standard InChI is InChI=1S/C10H12O3/c1-6-4-7(2)10(13-3)9(12)8(6)5-11/h4-5,12H,1-3H3. The molecule has 0 fully saturated rings. The Morgan fingerprint density at radius 3 is 2.46 bits per heavy atom. The highest BCUT2D eigenvalue weighted by Gasteiger charge is 2.12. The molecule has 0 spiro atoms. The maximum atomic E-state index is 10.6. The van der Waals surface area contributed by atoms with E-state index >= 15 is 0 Å². The molecule has 1 aromatic carbocycles. The van der Waals surface area contributed by atoms with Crippen LogP contribution in [0.15, 0.2) is 6.07 Å². The number of hydrogen-bond acceptors (Lipinski definition) is 3. The van der Waals surface area contributed by atoms with Gasteiger partial charge in [0.15, 0.2) is 17.8 Å². The van der Waals surface area contributed by atoms with Gasteiger partial charge in [-0.1, -0.05) is 6.07 Å². The van der Waals surface area contributed by atoms with E-state index in [2.05, 4.69) is 0 Å². The summed E-state index contributed by atoms with van der Waals surface area (Å²) in [6.07, 6.45) is 0.632. The van der Waals surface area contributed by atoms with E-state index in [1.165, 1.54) is 7.11 Å². The van der Waals surface area contributed by atoms with Crippen molar-refractivity contribution in [2.24, 2.45) is 0 Å². The minimum absolute atomic E-state index is 0.0741. The lowest BCUT2D eigenvalue weighted by molar-refractivity contribution is 0.112. The van der Waals surface area contributed by atoms with Gasteiger partial charge in [-0.15, -0.1) is 0 Å². The number of phenols is 1. The number of carbonyl (C=O) groups excluding carboxylic acids is 1. The normalized spacial score (nSPS) is 9.77. The van der Waals surface area contributed by atoms with Gasteiger partial charge in [-0.05, 0) is 25.0 Å². The smallest absolute Gasteiger partial charge is 0.168 e. The van der Waals surface area contributed by atoms with Gasteiger partial charge in [0.25, 0.3) is 0 Å². The first-order chi connectivity index (χ1) is 6.11. The summed E-state index contributed by atoms with van der Waals surface area (Å²) in [5.41, 5.74) is 1.87. The van der Waals surface area contributed by atoms with E-state index in [1.807, 2.05) is 13.0 Å². The summed E-state index contributed by atoms with van der Waals surface area (Å²) < 4.78 is 4.96. The van der Waals surface area contributed by atoms with Gasteiger partial charge >= 0.3 is 0 Å². The Kier molecular flexibility index (Phi) is 2.56. The van der Waals surface area contributed by atoms with Crippen LogP contribution in [0.25, 0.3) is 0 Å². The van der Waals surface area contributed by atoms with Gasteiger partial charge in [0.2, 0.25) is 0 Å². The number of rotatable bonds is 2. The molecule has 0 atom stereocenters. The van der Waals surface area contributed by atoms with Crippen molar-refractivity contribution < 1.29 is 14.6 Å². The molecule has 0 saturated heterocycles. The lowest BCUT2D eigenvalue weighted by atomic mass is 10.0. The monoisotopic (exact) mass is 180 g/mol. The third kappa shape index (κ3) is 1.49. The van der Waals surface area contributed by atoms with E-state index in [0.717, 1.165) is 11.1 Å². The minimum atomic E-state index is -0.0741. The van der Waals surface area contributed by atoms with Gasteiger partial charge in [-0.25, -0.2) is 0 Å². The van der Waals surface area contributed by atoms with Crippen molar-refractivity contribution in [3.05, 3.63) is 22.8 Å². The molecular weight excluding hydrogens is 168 g/mol. The highest BCUT2D eigenvalue weighted by atomic mass is 16.5. The number of carbonyl (C=O) groups is 1. The van der Waals surface area contributed by atoms with Gasteiger partial charge in [-0.2, -0.15) is 0 Å². The third-order valence-corrected chi connectivity index (χ3v) is 2.01. The van der Waals surface area contributed by atoms with Gasteiger partial charge in [0.1, 0.15) is 0 Å². The number of phenolic OH excluding ortho intramolecular Hbond substituents is 1. The summed E-state index contributed by atoms with van der Waals surface area (Å²) in [7, 11) is 1.46. The van der Waals surface area contributed by atoms with Crippen LogP contribution < -0.4 is 4.74 Å². The number of aldehydes is 1. The van der Waals surface area contributed by atoms with Crippen LogP contribution in [0, 0.1) is 13.8 Å². The van der Waals surface area contributed by atoms with Gasteiger partial charge in [-0.3, -0.25) is 4.79 Å². The number of ether oxygens (including phenoxy) is 1. The summed E-state index contributed by atoms with van der Waals surface area (Å²) in [6, 6.07) is 1.81. The first-order valence-electron chi connectivity index (χ1n) is 3.94. The zero-order valence-electron chi connectivity index (χ0n) is 7.92. The van der Waals surface area contributed by atoms with E-state index in [-0.39, 0.29) is 5.75 Å². The van der Waals surface area contributed by atoms with Gasteiger partial charge in [0.05, 0.1) is 12.7 Å². The highest BCUT2D eigenvalue weighted by Crippen LogP contribution is 2.34. The predicted molar refractivity (Wildman–Crippen MR) is 49.5 cm³/mol. The first kappa shape index (κ1) is 9.58. The number of hydrogen-bond donors (Lipinski definition) is 1. The molecule has 0 radical (unpaired) electrons. The van der Waals surface area contributed by atoms with Crippen LogP contribution in [0.2, 0.25) is 0 Å². The summed E-state index contributed by atoms with van der Waals surface area (Å²) in [4.78, 5) is 10.6. The van der Waals surface area contributed by atoms with Crippen molar-refractivity contribution in [2.75, 3.05) is 7.11 Å². The Bertz CT molecular complexity index is 343. The summed E-state index contributed by atoms with van der Waals surface area (Å²) in [6.45, 7) is 3.59. The Morgan fingerprint density at radius 2 is 2.00 bits per heavy atom. The molecule has 0 saturated carbocycles. The molecule has 3 nitrogen and oxygen atoms in total. The average molecular weight is 180 g/mol. The largest absolute Gasteiger partial charge is 0.504 e. The molecule has 1 aromatic rings. The fraction of sp³-hybridized carbons (Fsp3) is 0.300. The summed E-state index contributed by atoms with van der Waals surface area (Å²) in [5.74, 6) is 0.294. The SMILES string of the molecule is COc1c(C)cc(C)c(C=O)c1O. The lowest BCUT2D eigenvalue weighted by Crippen LogP contribution is -1.94. The van der Waals surface area contributed by atoms with Crippen LogP contribution in [-0.4, -0.2) is 18.5 Å². The molecule has 0 bridgehead atoms. The van der Waals surface area contributed by atoms with Gasteiger partial charge < -0.3 is 9.84 Å². The van der Waals surface area contributed by atoms with Crippen molar-refractivity contribution >= 4 is 6.29 Å². The molecule has 70 valence electrons. The lowest BCUT2D eigenvalue weighted by Gasteiger charge is -2.10. The molecule has 1 N–H and O–H groups in total. The van der Waals surface area contributed by atoms with Crippen LogP contribution in [0.5, 0.6) is 11.5 Å². The second kappa shape index (κ2) is 3.47. The Balaban J connectivity index is 3.47. The number of methoxy groups -OCH3 is 1. The maximum Gasteiger partial charge on any atom is 0.168 e. The minimum Gasteiger partial charge on any atom is -0.504 e. The molecule has 13 heavy (non-hydrogen) atoms. The maximum absolute atomic E-state index is 10.6. The average Bonchev–Trinajstić information content (AvgIpc) is 2.04. The van der Waals surface area contributed by atoms with Crippen LogP contribution in [0.3, 0.4) is 0 Å². The van der Waals surface area contributed by atoms with Gasteiger partial charge in [0, 0.05) is 0 Å². The molecule has 0 unspecified atom stereocenters. The van der Waals surface area contributed by atoms with E-state index in [9.17, 15) is 9.90 Å². The topological polar surface area (TPSA) is 46.5 Å². The van der Waals surface area contributed by atoms with Crippen molar-refractivity contribution in [2.45, 2.75) is 13.8 Å². The van der Waals surface area contributed by atoms with Crippen molar-refractivity contribution in [3.63, 3.8) is 0 Å². The molecule has 0 aromatic heterocycles. The molecule has 1 rings (SSSR count). The highest BCUT2D eigenvalue weighted by molar-refractivity contribution is 5.83. The van der Waals surface area contributed by atoms with Crippen molar-refractivity contribution in [1.82, 2.24) is 0 Å². The molecule has 0 aliphatic carbocycles. The molecule has 0 amide bonds. The van der Waals surface area contributed by atoms with E-state index in [1.54, 1.807) is 6.92 Å². The third-order valence-electron chi connectivity index (χ3n) is 2.01. The van der Waals surface area contributed by atoms with Crippen molar-refractivity contribution in [3.8, 4) is 11.5 Å². The van der Waals surface area contributed by atoms with Crippen molar-refractivity contribution in [1.29, 1.82) is 0 Å². The Hall–Kier alpha value is -1.51. The second-order valence-electron chi connectivity index (χ2n) is 2.92. The Labute approximate surface area is 77.0 Å². The second-order valence-corrected chi connectivity index (χ2v) is 2.92. The first-order valence-corrected chi connectivity index (χ1v) is 3.94. The van der Waals surface area contributed by atoms with Crippen LogP contribution in [-0.2, 0) is 0 Å².